The molecule has 24 heavy (non-hydrogen) atoms. The Morgan fingerprint density at radius 3 is 2.75 bits per heavy atom. The van der Waals surface area contributed by atoms with Crippen molar-refractivity contribution in [1.82, 2.24) is 4.98 Å². The molecule has 120 valence electrons. The van der Waals surface area contributed by atoms with E-state index in [0.29, 0.717) is 22.2 Å². The second-order valence-corrected chi connectivity index (χ2v) is 6.28. The van der Waals surface area contributed by atoms with Crippen molar-refractivity contribution in [1.29, 1.82) is 0 Å². The molecule has 1 aliphatic rings. The molecule has 1 aliphatic heterocycles. The van der Waals surface area contributed by atoms with Crippen LogP contribution < -0.4 is 14.8 Å². The molecule has 1 aromatic heterocycles. The van der Waals surface area contributed by atoms with Crippen molar-refractivity contribution in [2.24, 2.45) is 0 Å². The molecule has 0 bridgehead atoms. The summed E-state index contributed by atoms with van der Waals surface area (Å²) < 4.78 is 10.5. The number of ether oxygens (including phenoxy) is 2. The lowest BCUT2D eigenvalue weighted by Gasteiger charge is -2.03. The number of hydrogen-bond donors (Lipinski definition) is 1. The Morgan fingerprint density at radius 1 is 1.12 bits per heavy atom. The van der Waals surface area contributed by atoms with Gasteiger partial charge in [-0.15, -0.1) is 11.3 Å². The molecule has 3 aromatic rings. The molecule has 0 unspecified atom stereocenters. The normalized spacial score (nSPS) is 12.2. The van der Waals surface area contributed by atoms with Gasteiger partial charge in [0.05, 0.1) is 5.69 Å². The summed E-state index contributed by atoms with van der Waals surface area (Å²) in [5.74, 6) is 1.02. The van der Waals surface area contributed by atoms with Crippen molar-refractivity contribution < 1.29 is 14.3 Å². The van der Waals surface area contributed by atoms with E-state index in [9.17, 15) is 4.79 Å². The van der Waals surface area contributed by atoms with E-state index in [4.69, 9.17) is 9.47 Å². The first-order chi connectivity index (χ1) is 11.7. The van der Waals surface area contributed by atoms with Gasteiger partial charge in [0.15, 0.2) is 16.6 Å². The third kappa shape index (κ3) is 2.83. The Bertz CT molecular complexity index is 903. The average Bonchev–Trinajstić information content (AvgIpc) is 3.24. The summed E-state index contributed by atoms with van der Waals surface area (Å²) in [5.41, 5.74) is 3.58. The topological polar surface area (TPSA) is 60.5 Å². The zero-order chi connectivity index (χ0) is 16.5. The molecule has 0 saturated carbocycles. The van der Waals surface area contributed by atoms with Crippen LogP contribution in [0.2, 0.25) is 0 Å². The van der Waals surface area contributed by atoms with Crippen LogP contribution in [0.15, 0.2) is 47.8 Å². The fraction of sp³-hybridized carbons (Fsp3) is 0.111. The van der Waals surface area contributed by atoms with Gasteiger partial charge >= 0.3 is 0 Å². The van der Waals surface area contributed by atoms with Crippen LogP contribution in [0.3, 0.4) is 0 Å². The van der Waals surface area contributed by atoms with Crippen molar-refractivity contribution in [3.05, 3.63) is 59.0 Å². The highest BCUT2D eigenvalue weighted by atomic mass is 32.1. The van der Waals surface area contributed by atoms with Gasteiger partial charge in [0.2, 0.25) is 6.79 Å². The van der Waals surface area contributed by atoms with E-state index in [1.165, 1.54) is 16.9 Å². The van der Waals surface area contributed by atoms with Gasteiger partial charge in [-0.3, -0.25) is 10.1 Å². The predicted octanol–water partition coefficient (Wildman–Crippen LogP) is 4.10. The van der Waals surface area contributed by atoms with E-state index in [1.54, 1.807) is 18.2 Å². The van der Waals surface area contributed by atoms with Crippen LogP contribution in [0.1, 0.15) is 15.9 Å². The van der Waals surface area contributed by atoms with Gasteiger partial charge in [-0.2, -0.15) is 0 Å². The highest BCUT2D eigenvalue weighted by molar-refractivity contribution is 7.14. The molecule has 0 saturated heterocycles. The molecular weight excluding hydrogens is 324 g/mol. The minimum absolute atomic E-state index is 0.187. The van der Waals surface area contributed by atoms with Gasteiger partial charge in [0, 0.05) is 16.5 Å². The molecule has 6 heteroatoms. The van der Waals surface area contributed by atoms with Gasteiger partial charge in [0.25, 0.3) is 5.91 Å². The van der Waals surface area contributed by atoms with Gasteiger partial charge in [-0.25, -0.2) is 4.98 Å². The quantitative estimate of drug-likeness (QED) is 0.781. The highest BCUT2D eigenvalue weighted by Gasteiger charge is 2.17. The van der Waals surface area contributed by atoms with E-state index in [-0.39, 0.29) is 12.7 Å². The molecule has 0 aliphatic carbocycles. The fourth-order valence-corrected chi connectivity index (χ4v) is 3.11. The minimum Gasteiger partial charge on any atom is -0.454 e. The molecule has 1 N–H and O–H groups in total. The second kappa shape index (κ2) is 5.98. The number of carbonyl (C=O) groups is 1. The number of aryl methyl sites for hydroxylation is 1. The van der Waals surface area contributed by atoms with Crippen LogP contribution in [0.5, 0.6) is 11.5 Å². The minimum atomic E-state index is -0.224. The van der Waals surface area contributed by atoms with Gasteiger partial charge < -0.3 is 9.47 Å². The Morgan fingerprint density at radius 2 is 1.92 bits per heavy atom. The molecule has 2 heterocycles. The Hall–Kier alpha value is -2.86. The average molecular weight is 338 g/mol. The molecular formula is C18H14N2O3S. The largest absolute Gasteiger partial charge is 0.454 e. The number of nitrogens with one attached hydrogen (secondary N) is 1. The standard InChI is InChI=1S/C18H14N2O3S/c1-11-2-4-12(5-3-11)14-9-24-18(19-14)20-17(21)13-6-7-15-16(8-13)23-10-22-15/h2-9H,10H2,1H3,(H,19,20,21). The number of fused-ring (bicyclic) bond motifs is 1. The van der Waals surface area contributed by atoms with Crippen molar-refractivity contribution in [3.63, 3.8) is 0 Å². The van der Waals surface area contributed by atoms with Gasteiger partial charge in [-0.1, -0.05) is 29.8 Å². The highest BCUT2D eigenvalue weighted by Crippen LogP contribution is 2.33. The van der Waals surface area contributed by atoms with Crippen LogP contribution >= 0.6 is 11.3 Å². The number of nitrogens with zero attached hydrogens (tertiary/aromatic N) is 1. The molecule has 1 amide bonds. The number of amides is 1. The maximum atomic E-state index is 12.4. The third-order valence-electron chi connectivity index (χ3n) is 3.71. The number of benzene rings is 2. The summed E-state index contributed by atoms with van der Waals surface area (Å²) in [5, 5.41) is 5.32. The first kappa shape index (κ1) is 14.7. The number of rotatable bonds is 3. The summed E-state index contributed by atoms with van der Waals surface area (Å²) in [6.07, 6.45) is 0. The molecule has 0 fully saturated rings. The lowest BCUT2D eigenvalue weighted by molar-refractivity contribution is 0.102. The smallest absolute Gasteiger partial charge is 0.257 e. The molecule has 0 radical (unpaired) electrons. The Balaban J connectivity index is 1.51. The fourth-order valence-electron chi connectivity index (χ4n) is 2.40. The van der Waals surface area contributed by atoms with Crippen molar-refractivity contribution >= 4 is 22.4 Å². The zero-order valence-electron chi connectivity index (χ0n) is 12.9. The van der Waals surface area contributed by atoms with Crippen LogP contribution in [-0.2, 0) is 0 Å². The van der Waals surface area contributed by atoms with E-state index in [0.717, 1.165) is 11.3 Å². The monoisotopic (exact) mass is 338 g/mol. The Labute approximate surface area is 142 Å². The summed E-state index contributed by atoms with van der Waals surface area (Å²) in [6, 6.07) is 13.2. The Kier molecular flexibility index (Phi) is 3.66. The molecule has 5 nitrogen and oxygen atoms in total. The third-order valence-corrected chi connectivity index (χ3v) is 4.46. The molecule has 0 spiro atoms. The van der Waals surface area contributed by atoms with Crippen molar-refractivity contribution in [2.45, 2.75) is 6.92 Å². The summed E-state index contributed by atoms with van der Waals surface area (Å²) in [6.45, 7) is 2.23. The van der Waals surface area contributed by atoms with Gasteiger partial charge in [-0.05, 0) is 25.1 Å². The SMILES string of the molecule is Cc1ccc(-c2csc(NC(=O)c3ccc4c(c3)OCO4)n2)cc1. The number of hydrogen-bond acceptors (Lipinski definition) is 5. The summed E-state index contributed by atoms with van der Waals surface area (Å²) in [7, 11) is 0. The molecule has 4 rings (SSSR count). The zero-order valence-corrected chi connectivity index (χ0v) is 13.7. The number of thiazole rings is 1. The predicted molar refractivity (Wildman–Crippen MR) is 92.8 cm³/mol. The van der Waals surface area contributed by atoms with E-state index in [2.05, 4.69) is 10.3 Å². The first-order valence-electron chi connectivity index (χ1n) is 7.42. The number of aromatic nitrogens is 1. The van der Waals surface area contributed by atoms with Crippen molar-refractivity contribution in [2.75, 3.05) is 12.1 Å². The lowest BCUT2D eigenvalue weighted by atomic mass is 10.1. The van der Waals surface area contributed by atoms with E-state index in [1.807, 2.05) is 36.6 Å². The summed E-state index contributed by atoms with van der Waals surface area (Å²) in [4.78, 5) is 16.8. The van der Waals surface area contributed by atoms with Crippen LogP contribution in [-0.4, -0.2) is 17.7 Å². The number of carbonyl (C=O) groups excluding carboxylic acids is 1. The summed E-state index contributed by atoms with van der Waals surface area (Å²) >= 11 is 1.40. The first-order valence-corrected chi connectivity index (χ1v) is 8.30. The van der Waals surface area contributed by atoms with Crippen LogP contribution in [0.25, 0.3) is 11.3 Å². The van der Waals surface area contributed by atoms with Crippen molar-refractivity contribution in [3.8, 4) is 22.8 Å². The second-order valence-electron chi connectivity index (χ2n) is 5.43. The van der Waals surface area contributed by atoms with E-state index >= 15 is 0 Å². The maximum absolute atomic E-state index is 12.4. The molecule has 2 aromatic carbocycles. The molecule has 0 atom stereocenters. The lowest BCUT2D eigenvalue weighted by Crippen LogP contribution is -2.11. The van der Waals surface area contributed by atoms with Crippen LogP contribution in [0.4, 0.5) is 5.13 Å². The van der Waals surface area contributed by atoms with E-state index < -0.39 is 0 Å². The van der Waals surface area contributed by atoms with Gasteiger partial charge in [0.1, 0.15) is 0 Å². The van der Waals surface area contributed by atoms with Crippen LogP contribution in [0, 0.1) is 6.92 Å². The maximum Gasteiger partial charge on any atom is 0.257 e. The number of anilines is 1.